The molecule has 1 fully saturated rings. The van der Waals surface area contributed by atoms with Crippen molar-refractivity contribution in [1.29, 1.82) is 0 Å². The molecule has 0 heterocycles. The summed E-state index contributed by atoms with van der Waals surface area (Å²) in [6.45, 7) is 4.61. The fraction of sp³-hybridized carbons (Fsp3) is 1.00. The van der Waals surface area contributed by atoms with Gasteiger partial charge in [-0.1, -0.05) is 19.8 Å². The summed E-state index contributed by atoms with van der Waals surface area (Å²) in [5, 5.41) is 12.3. The van der Waals surface area contributed by atoms with Gasteiger partial charge in [0.2, 0.25) is 0 Å². The van der Waals surface area contributed by atoms with Gasteiger partial charge in [0.25, 0.3) is 0 Å². The van der Waals surface area contributed by atoms with Gasteiger partial charge < -0.3 is 10.4 Å². The lowest BCUT2D eigenvalue weighted by molar-refractivity contribution is 0.215. The molecule has 72 valence electrons. The second-order valence-corrected chi connectivity index (χ2v) is 4.22. The molecule has 0 saturated heterocycles. The van der Waals surface area contributed by atoms with Crippen molar-refractivity contribution in [1.82, 2.24) is 5.32 Å². The quantitative estimate of drug-likeness (QED) is 0.675. The molecule has 0 spiro atoms. The second-order valence-electron chi connectivity index (χ2n) is 4.22. The molecule has 2 heteroatoms. The molecule has 1 aliphatic rings. The molecule has 1 saturated carbocycles. The van der Waals surface area contributed by atoms with E-state index in [0.29, 0.717) is 6.04 Å². The van der Waals surface area contributed by atoms with Crippen LogP contribution in [0.15, 0.2) is 0 Å². The number of rotatable bonds is 3. The molecule has 12 heavy (non-hydrogen) atoms. The van der Waals surface area contributed by atoms with Crippen LogP contribution in [-0.2, 0) is 0 Å². The van der Waals surface area contributed by atoms with Gasteiger partial charge in [-0.2, -0.15) is 0 Å². The molecule has 2 N–H and O–H groups in total. The van der Waals surface area contributed by atoms with E-state index >= 15 is 0 Å². The summed E-state index contributed by atoms with van der Waals surface area (Å²) in [6.07, 6.45) is 5.29. The molecule has 0 aromatic heterocycles. The summed E-state index contributed by atoms with van der Waals surface area (Å²) in [6, 6.07) is 0.913. The predicted molar refractivity (Wildman–Crippen MR) is 51.1 cm³/mol. The third-order valence-electron chi connectivity index (χ3n) is 2.73. The zero-order chi connectivity index (χ0) is 8.97. The van der Waals surface area contributed by atoms with Crippen molar-refractivity contribution in [3.63, 3.8) is 0 Å². The molecular weight excluding hydrogens is 150 g/mol. The van der Waals surface area contributed by atoms with E-state index in [0.717, 1.165) is 5.92 Å². The lowest BCUT2D eigenvalue weighted by Gasteiger charge is -2.29. The van der Waals surface area contributed by atoms with Crippen LogP contribution in [0, 0.1) is 5.92 Å². The first-order valence-electron chi connectivity index (χ1n) is 5.09. The average Bonchev–Trinajstić information content (AvgIpc) is 2.04. The maximum absolute atomic E-state index is 8.87. The Morgan fingerprint density at radius 3 is 2.83 bits per heavy atom. The summed E-state index contributed by atoms with van der Waals surface area (Å²) < 4.78 is 0. The van der Waals surface area contributed by atoms with Gasteiger partial charge in [0, 0.05) is 12.1 Å². The van der Waals surface area contributed by atoms with Crippen LogP contribution in [0.1, 0.15) is 39.5 Å². The van der Waals surface area contributed by atoms with Crippen LogP contribution in [0.3, 0.4) is 0 Å². The topological polar surface area (TPSA) is 32.3 Å². The van der Waals surface area contributed by atoms with Crippen LogP contribution in [0.2, 0.25) is 0 Å². The van der Waals surface area contributed by atoms with Gasteiger partial charge in [-0.25, -0.2) is 0 Å². The van der Waals surface area contributed by atoms with Crippen molar-refractivity contribution in [2.75, 3.05) is 6.61 Å². The normalized spacial score (nSPS) is 33.2. The van der Waals surface area contributed by atoms with Crippen LogP contribution >= 0.6 is 0 Å². The van der Waals surface area contributed by atoms with E-state index in [1.54, 1.807) is 0 Å². The Kier molecular flexibility index (Phi) is 4.02. The molecule has 1 rings (SSSR count). The van der Waals surface area contributed by atoms with E-state index in [1.165, 1.54) is 25.7 Å². The molecule has 0 bridgehead atoms. The Hall–Kier alpha value is -0.0800. The van der Waals surface area contributed by atoms with Gasteiger partial charge in [-0.3, -0.25) is 0 Å². The Bertz CT molecular complexity index is 127. The first kappa shape index (κ1) is 10.0. The maximum atomic E-state index is 8.87. The van der Waals surface area contributed by atoms with Crippen LogP contribution in [0.5, 0.6) is 0 Å². The average molecular weight is 171 g/mol. The molecule has 0 aromatic carbocycles. The van der Waals surface area contributed by atoms with Gasteiger partial charge in [-0.05, 0) is 25.7 Å². The van der Waals surface area contributed by atoms with Crippen molar-refractivity contribution in [3.8, 4) is 0 Å². The summed E-state index contributed by atoms with van der Waals surface area (Å²) in [7, 11) is 0. The molecule has 0 unspecified atom stereocenters. The first-order valence-corrected chi connectivity index (χ1v) is 5.09. The summed E-state index contributed by atoms with van der Waals surface area (Å²) in [4.78, 5) is 0. The van der Waals surface area contributed by atoms with E-state index in [9.17, 15) is 0 Å². The highest BCUT2D eigenvalue weighted by Gasteiger charge is 2.19. The smallest absolute Gasteiger partial charge is 0.0582 e. The highest BCUT2D eigenvalue weighted by Crippen LogP contribution is 2.23. The lowest BCUT2D eigenvalue weighted by Crippen LogP contribution is -2.41. The van der Waals surface area contributed by atoms with E-state index in [-0.39, 0.29) is 12.6 Å². The van der Waals surface area contributed by atoms with Crippen LogP contribution in [0.25, 0.3) is 0 Å². The van der Waals surface area contributed by atoms with Crippen molar-refractivity contribution < 1.29 is 5.11 Å². The second kappa shape index (κ2) is 4.83. The van der Waals surface area contributed by atoms with Crippen molar-refractivity contribution in [2.24, 2.45) is 5.92 Å². The summed E-state index contributed by atoms with van der Waals surface area (Å²) >= 11 is 0. The fourth-order valence-corrected chi connectivity index (χ4v) is 2.04. The molecule has 0 aliphatic heterocycles. The first-order chi connectivity index (χ1) is 5.72. The Balaban J connectivity index is 2.22. The van der Waals surface area contributed by atoms with Gasteiger partial charge in [0.05, 0.1) is 6.61 Å². The number of aliphatic hydroxyl groups excluding tert-OH is 1. The highest BCUT2D eigenvalue weighted by atomic mass is 16.3. The predicted octanol–water partition coefficient (Wildman–Crippen LogP) is 1.54. The number of hydrogen-bond donors (Lipinski definition) is 2. The summed E-state index contributed by atoms with van der Waals surface area (Å²) in [5.41, 5.74) is 0. The van der Waals surface area contributed by atoms with Gasteiger partial charge in [-0.15, -0.1) is 0 Å². The molecule has 0 aromatic rings. The Morgan fingerprint density at radius 1 is 1.50 bits per heavy atom. The summed E-state index contributed by atoms with van der Waals surface area (Å²) in [5.74, 6) is 0.863. The lowest BCUT2D eigenvalue weighted by atomic mass is 9.87. The Morgan fingerprint density at radius 2 is 2.25 bits per heavy atom. The minimum atomic E-state index is 0.255. The monoisotopic (exact) mass is 171 g/mol. The Labute approximate surface area is 75.4 Å². The molecule has 1 aliphatic carbocycles. The van der Waals surface area contributed by atoms with Crippen LogP contribution < -0.4 is 5.32 Å². The van der Waals surface area contributed by atoms with Gasteiger partial charge >= 0.3 is 0 Å². The van der Waals surface area contributed by atoms with Crippen LogP contribution in [-0.4, -0.2) is 23.8 Å². The number of aliphatic hydroxyl groups is 1. The molecule has 0 radical (unpaired) electrons. The minimum Gasteiger partial charge on any atom is -0.395 e. The zero-order valence-electron chi connectivity index (χ0n) is 8.21. The van der Waals surface area contributed by atoms with Crippen LogP contribution in [0.4, 0.5) is 0 Å². The third-order valence-corrected chi connectivity index (χ3v) is 2.73. The molecule has 0 amide bonds. The zero-order valence-corrected chi connectivity index (χ0v) is 8.21. The number of nitrogens with one attached hydrogen (secondary N) is 1. The molecule has 2 nitrogen and oxygen atoms in total. The van der Waals surface area contributed by atoms with E-state index in [1.807, 2.05) is 6.92 Å². The fourth-order valence-electron chi connectivity index (χ4n) is 2.04. The SMILES string of the molecule is C[C@H]1CCC[C@@H](N[C@@H](C)CO)C1. The molecular formula is C10H21NO. The maximum Gasteiger partial charge on any atom is 0.0582 e. The number of hydrogen-bond acceptors (Lipinski definition) is 2. The minimum absolute atomic E-state index is 0.255. The van der Waals surface area contributed by atoms with Gasteiger partial charge in [0.15, 0.2) is 0 Å². The highest BCUT2D eigenvalue weighted by molar-refractivity contribution is 4.77. The van der Waals surface area contributed by atoms with Crippen molar-refractivity contribution in [3.05, 3.63) is 0 Å². The molecule has 3 atom stereocenters. The standard InChI is InChI=1S/C10H21NO/c1-8-4-3-5-10(6-8)11-9(2)7-12/h8-12H,3-7H2,1-2H3/t8-,9-,10+/m0/s1. The van der Waals surface area contributed by atoms with Crippen molar-refractivity contribution in [2.45, 2.75) is 51.6 Å². The van der Waals surface area contributed by atoms with E-state index in [2.05, 4.69) is 12.2 Å². The van der Waals surface area contributed by atoms with Gasteiger partial charge in [0.1, 0.15) is 0 Å². The van der Waals surface area contributed by atoms with Crippen molar-refractivity contribution >= 4 is 0 Å². The van der Waals surface area contributed by atoms with E-state index < -0.39 is 0 Å². The third kappa shape index (κ3) is 3.11. The van der Waals surface area contributed by atoms with E-state index in [4.69, 9.17) is 5.11 Å². The largest absolute Gasteiger partial charge is 0.395 e.